The zero-order valence-electron chi connectivity index (χ0n) is 24.0. The van der Waals surface area contributed by atoms with Gasteiger partial charge in [0.25, 0.3) is 0 Å². The van der Waals surface area contributed by atoms with Crippen LogP contribution < -0.4 is 0 Å². The maximum atomic E-state index is 14.4. The molecule has 0 radical (unpaired) electrons. The Morgan fingerprint density at radius 2 is 1.77 bits per heavy atom. The van der Waals surface area contributed by atoms with Gasteiger partial charge in [-0.2, -0.15) is 0 Å². The number of ether oxygens (including phenoxy) is 2. The van der Waals surface area contributed by atoms with Gasteiger partial charge in [-0.1, -0.05) is 63.9 Å². The van der Waals surface area contributed by atoms with Gasteiger partial charge in [-0.05, 0) is 61.2 Å². The van der Waals surface area contributed by atoms with E-state index in [0.717, 1.165) is 18.4 Å². The molecular formula is C32H44O7. The van der Waals surface area contributed by atoms with Gasteiger partial charge in [0.1, 0.15) is 6.10 Å². The highest BCUT2D eigenvalue weighted by Crippen LogP contribution is 2.60. The average molecular weight is 541 g/mol. The first-order valence-electron chi connectivity index (χ1n) is 14.3. The Morgan fingerprint density at radius 1 is 1.08 bits per heavy atom. The normalized spacial score (nSPS) is 34.0. The maximum Gasteiger partial charge on any atom is 0.306 e. The van der Waals surface area contributed by atoms with Gasteiger partial charge in [0.2, 0.25) is 0 Å². The molecule has 4 rings (SSSR count). The SMILES string of the molecule is CC(=O)O[C@H]1C(=O)[C@]2(C)CCCC(CCO)C2C[C@]2(O)C[C@H](OC(=O)CCc3ccccc3)C(C)=C1C2(C)C. The van der Waals surface area contributed by atoms with E-state index in [0.29, 0.717) is 36.8 Å². The van der Waals surface area contributed by atoms with E-state index in [1.54, 1.807) is 0 Å². The highest BCUT2D eigenvalue weighted by molar-refractivity contribution is 5.94. The largest absolute Gasteiger partial charge is 0.458 e. The number of carbonyl (C=O) groups excluding carboxylic acids is 3. The molecule has 2 saturated carbocycles. The number of rotatable bonds is 7. The molecular weight excluding hydrogens is 496 g/mol. The van der Waals surface area contributed by atoms with Crippen LogP contribution in [-0.4, -0.2) is 52.4 Å². The molecule has 0 aromatic heterocycles. The minimum absolute atomic E-state index is 0.00649. The molecule has 2 fully saturated rings. The summed E-state index contributed by atoms with van der Waals surface area (Å²) in [4.78, 5) is 39.8. The quantitative estimate of drug-likeness (QED) is 0.380. The van der Waals surface area contributed by atoms with Crippen LogP contribution in [0.1, 0.15) is 85.1 Å². The van der Waals surface area contributed by atoms with Crippen LogP contribution in [0.2, 0.25) is 0 Å². The van der Waals surface area contributed by atoms with Crippen molar-refractivity contribution in [1.82, 2.24) is 0 Å². The summed E-state index contributed by atoms with van der Waals surface area (Å²) in [5, 5.41) is 22.3. The van der Waals surface area contributed by atoms with Crippen molar-refractivity contribution < 1.29 is 34.1 Å². The standard InChI is InChI=1S/C32H44O7/c1-20-25(39-26(35)14-13-22-10-7-6-8-11-22)19-32(37)18-24-23(15-17-33)12-9-16-31(24,5)29(36)28(38-21(2)34)27(20)30(32,3)4/h6-8,10-11,23-25,28,33,37H,9,12-19H2,1-5H3/t23?,24?,25-,28+,31+,32-/m0/s1. The molecule has 0 saturated heterocycles. The lowest BCUT2D eigenvalue weighted by atomic mass is 9.48. The second-order valence-electron chi connectivity index (χ2n) is 12.7. The van der Waals surface area contributed by atoms with Crippen molar-refractivity contribution in [3.8, 4) is 0 Å². The van der Waals surface area contributed by atoms with E-state index in [9.17, 15) is 24.6 Å². The Balaban J connectivity index is 1.75. The van der Waals surface area contributed by atoms with Crippen LogP contribution >= 0.6 is 0 Å². The summed E-state index contributed by atoms with van der Waals surface area (Å²) in [5.74, 6) is -1.26. The van der Waals surface area contributed by atoms with E-state index in [-0.39, 0.29) is 43.0 Å². The lowest BCUT2D eigenvalue weighted by Crippen LogP contribution is -2.63. The van der Waals surface area contributed by atoms with Crippen molar-refractivity contribution in [2.45, 2.75) is 104 Å². The number of fused-ring (bicyclic) bond motifs is 3. The minimum atomic E-state index is -1.32. The topological polar surface area (TPSA) is 110 Å². The Hall–Kier alpha value is -2.51. The first-order valence-corrected chi connectivity index (χ1v) is 14.3. The van der Waals surface area contributed by atoms with E-state index in [2.05, 4.69) is 0 Å². The fraction of sp³-hybridized carbons (Fsp3) is 0.656. The number of aliphatic hydroxyl groups is 2. The monoisotopic (exact) mass is 540 g/mol. The number of aryl methyl sites for hydroxylation is 1. The molecule has 0 aliphatic heterocycles. The van der Waals surface area contributed by atoms with Gasteiger partial charge in [0.15, 0.2) is 11.9 Å². The number of esters is 2. The molecule has 3 aliphatic carbocycles. The zero-order valence-corrected chi connectivity index (χ0v) is 24.0. The summed E-state index contributed by atoms with van der Waals surface area (Å²) < 4.78 is 11.8. The van der Waals surface area contributed by atoms with E-state index in [1.807, 2.05) is 58.0 Å². The minimum Gasteiger partial charge on any atom is -0.458 e. The smallest absolute Gasteiger partial charge is 0.306 e. The maximum absolute atomic E-state index is 14.4. The summed E-state index contributed by atoms with van der Waals surface area (Å²) in [6.07, 6.45) is 2.23. The third-order valence-electron chi connectivity index (χ3n) is 10.1. The summed E-state index contributed by atoms with van der Waals surface area (Å²) in [6.45, 7) is 8.86. The van der Waals surface area contributed by atoms with Gasteiger partial charge in [-0.25, -0.2) is 0 Å². The first kappa shape index (κ1) is 29.5. The fourth-order valence-electron chi connectivity index (χ4n) is 7.66. The van der Waals surface area contributed by atoms with Gasteiger partial charge in [-0.3, -0.25) is 14.4 Å². The molecule has 2 N–H and O–H groups in total. The number of benzene rings is 1. The molecule has 0 spiro atoms. The van der Waals surface area contributed by atoms with Crippen LogP contribution in [0.5, 0.6) is 0 Å². The third kappa shape index (κ3) is 5.45. The third-order valence-corrected chi connectivity index (χ3v) is 10.1. The van der Waals surface area contributed by atoms with Crippen LogP contribution in [0.25, 0.3) is 0 Å². The van der Waals surface area contributed by atoms with Crippen LogP contribution in [0.3, 0.4) is 0 Å². The molecule has 0 heterocycles. The number of hydrogen-bond acceptors (Lipinski definition) is 7. The Labute approximate surface area is 232 Å². The molecule has 0 amide bonds. The first-order chi connectivity index (χ1) is 18.3. The average Bonchev–Trinajstić information content (AvgIpc) is 2.87. The lowest BCUT2D eigenvalue weighted by Gasteiger charge is -2.58. The highest BCUT2D eigenvalue weighted by atomic mass is 16.6. The number of hydrogen-bond donors (Lipinski definition) is 2. The van der Waals surface area contributed by atoms with Crippen LogP contribution in [0.4, 0.5) is 0 Å². The molecule has 1 aromatic carbocycles. The zero-order chi connectivity index (χ0) is 28.6. The fourth-order valence-corrected chi connectivity index (χ4v) is 7.66. The molecule has 1 aromatic rings. The predicted molar refractivity (Wildman–Crippen MR) is 147 cm³/mol. The van der Waals surface area contributed by atoms with Crippen molar-refractivity contribution in [2.75, 3.05) is 6.61 Å². The van der Waals surface area contributed by atoms with Crippen LogP contribution in [0.15, 0.2) is 41.5 Å². The summed E-state index contributed by atoms with van der Waals surface area (Å²) in [7, 11) is 0. The molecule has 7 heteroatoms. The molecule has 7 nitrogen and oxygen atoms in total. The van der Waals surface area contributed by atoms with E-state index >= 15 is 0 Å². The molecule has 214 valence electrons. The van der Waals surface area contributed by atoms with Crippen molar-refractivity contribution >= 4 is 17.7 Å². The molecule has 2 unspecified atom stereocenters. The number of ketones is 1. The predicted octanol–water partition coefficient (Wildman–Crippen LogP) is 4.72. The van der Waals surface area contributed by atoms with Crippen molar-refractivity contribution in [1.29, 1.82) is 0 Å². The van der Waals surface area contributed by atoms with Crippen molar-refractivity contribution in [2.24, 2.45) is 22.7 Å². The van der Waals surface area contributed by atoms with Gasteiger partial charge >= 0.3 is 11.9 Å². The van der Waals surface area contributed by atoms with Gasteiger partial charge in [0, 0.05) is 37.2 Å². The molecule has 6 atom stereocenters. The lowest BCUT2D eigenvalue weighted by molar-refractivity contribution is -0.179. The Morgan fingerprint density at radius 3 is 2.41 bits per heavy atom. The van der Waals surface area contributed by atoms with E-state index in [4.69, 9.17) is 9.47 Å². The number of Topliss-reactive ketones (excluding diaryl/α,β-unsaturated/α-hetero) is 1. The van der Waals surface area contributed by atoms with E-state index < -0.39 is 34.6 Å². The number of aliphatic hydroxyl groups excluding tert-OH is 1. The van der Waals surface area contributed by atoms with Crippen LogP contribution in [-0.2, 0) is 30.3 Å². The van der Waals surface area contributed by atoms with Gasteiger partial charge < -0.3 is 19.7 Å². The highest BCUT2D eigenvalue weighted by Gasteiger charge is 2.63. The summed E-state index contributed by atoms with van der Waals surface area (Å²) >= 11 is 0. The Kier molecular flexibility index (Phi) is 8.44. The van der Waals surface area contributed by atoms with Crippen molar-refractivity contribution in [3.63, 3.8) is 0 Å². The second-order valence-corrected chi connectivity index (χ2v) is 12.7. The van der Waals surface area contributed by atoms with Gasteiger partial charge in [-0.15, -0.1) is 0 Å². The Bertz CT molecular complexity index is 1120. The van der Waals surface area contributed by atoms with Crippen molar-refractivity contribution in [3.05, 3.63) is 47.0 Å². The molecule has 2 bridgehead atoms. The van der Waals surface area contributed by atoms with Crippen LogP contribution in [0, 0.1) is 22.7 Å². The summed E-state index contributed by atoms with van der Waals surface area (Å²) in [6, 6.07) is 9.70. The molecule has 39 heavy (non-hydrogen) atoms. The van der Waals surface area contributed by atoms with E-state index in [1.165, 1.54) is 6.92 Å². The summed E-state index contributed by atoms with van der Waals surface area (Å²) in [5.41, 5.74) is -0.800. The van der Waals surface area contributed by atoms with Gasteiger partial charge in [0.05, 0.1) is 5.60 Å². The molecule has 3 aliphatic rings. The second kappa shape index (κ2) is 11.2. The number of carbonyl (C=O) groups is 3.